The standard InChI is InChI=1S/C14H12N4O2/c15-10-3-6-12(16-8-10)14-17-13(18-20-14)7-9-1-4-11(19)5-2-9/h1-6,8,19H,7,15H2. The van der Waals surface area contributed by atoms with E-state index in [4.69, 9.17) is 10.3 Å². The fraction of sp³-hybridized carbons (Fsp3) is 0.0714. The van der Waals surface area contributed by atoms with Crippen LogP contribution < -0.4 is 5.73 Å². The molecule has 0 aliphatic carbocycles. The Hall–Kier alpha value is -2.89. The number of benzene rings is 1. The van der Waals surface area contributed by atoms with E-state index in [9.17, 15) is 5.11 Å². The lowest BCUT2D eigenvalue weighted by Gasteiger charge is -1.96. The molecule has 0 fully saturated rings. The highest BCUT2D eigenvalue weighted by Crippen LogP contribution is 2.17. The molecule has 3 rings (SSSR count). The molecule has 3 aromatic rings. The molecule has 1 aromatic carbocycles. The predicted octanol–water partition coefficient (Wildman–Crippen LogP) is 2.01. The van der Waals surface area contributed by atoms with Crippen LogP contribution in [0.2, 0.25) is 0 Å². The fourth-order valence-corrected chi connectivity index (χ4v) is 1.76. The van der Waals surface area contributed by atoms with E-state index in [1.54, 1.807) is 30.5 Å². The van der Waals surface area contributed by atoms with Crippen LogP contribution in [0.15, 0.2) is 47.1 Å². The van der Waals surface area contributed by atoms with E-state index in [2.05, 4.69) is 15.1 Å². The molecule has 0 aliphatic heterocycles. The summed E-state index contributed by atoms with van der Waals surface area (Å²) in [4.78, 5) is 8.41. The third-order valence-corrected chi connectivity index (χ3v) is 2.77. The van der Waals surface area contributed by atoms with E-state index in [0.29, 0.717) is 29.5 Å². The average Bonchev–Trinajstić information content (AvgIpc) is 2.91. The van der Waals surface area contributed by atoms with E-state index >= 15 is 0 Å². The van der Waals surface area contributed by atoms with E-state index in [-0.39, 0.29) is 5.75 Å². The number of anilines is 1. The lowest BCUT2D eigenvalue weighted by Crippen LogP contribution is -1.91. The number of hydrogen-bond acceptors (Lipinski definition) is 6. The summed E-state index contributed by atoms with van der Waals surface area (Å²) in [5.41, 5.74) is 7.73. The molecular weight excluding hydrogens is 256 g/mol. The number of phenols is 1. The van der Waals surface area contributed by atoms with Crippen molar-refractivity contribution in [2.75, 3.05) is 5.73 Å². The Bertz CT molecular complexity index is 705. The van der Waals surface area contributed by atoms with E-state index < -0.39 is 0 Å². The van der Waals surface area contributed by atoms with Crippen molar-refractivity contribution in [3.8, 4) is 17.3 Å². The minimum Gasteiger partial charge on any atom is -0.508 e. The highest BCUT2D eigenvalue weighted by atomic mass is 16.5. The smallest absolute Gasteiger partial charge is 0.276 e. The van der Waals surface area contributed by atoms with E-state index in [1.165, 1.54) is 0 Å². The van der Waals surface area contributed by atoms with Crippen molar-refractivity contribution in [3.63, 3.8) is 0 Å². The zero-order chi connectivity index (χ0) is 13.9. The molecule has 0 atom stereocenters. The summed E-state index contributed by atoms with van der Waals surface area (Å²) < 4.78 is 5.17. The van der Waals surface area contributed by atoms with Crippen LogP contribution in [0.3, 0.4) is 0 Å². The third kappa shape index (κ3) is 2.59. The van der Waals surface area contributed by atoms with Crippen LogP contribution in [0, 0.1) is 0 Å². The average molecular weight is 268 g/mol. The van der Waals surface area contributed by atoms with Gasteiger partial charge in [0.15, 0.2) is 5.82 Å². The van der Waals surface area contributed by atoms with Crippen LogP contribution in [0.5, 0.6) is 5.75 Å². The van der Waals surface area contributed by atoms with Gasteiger partial charge in [0.2, 0.25) is 0 Å². The Labute approximate surface area is 114 Å². The number of pyridine rings is 1. The number of hydrogen-bond donors (Lipinski definition) is 2. The van der Waals surface area contributed by atoms with Gasteiger partial charge in [-0.15, -0.1) is 0 Å². The van der Waals surface area contributed by atoms with E-state index in [0.717, 1.165) is 5.56 Å². The van der Waals surface area contributed by atoms with Crippen molar-refractivity contribution < 1.29 is 9.63 Å². The molecule has 100 valence electrons. The van der Waals surface area contributed by atoms with Crippen molar-refractivity contribution in [1.82, 2.24) is 15.1 Å². The fourth-order valence-electron chi connectivity index (χ4n) is 1.76. The lowest BCUT2D eigenvalue weighted by molar-refractivity contribution is 0.422. The molecule has 2 aromatic heterocycles. The largest absolute Gasteiger partial charge is 0.508 e. The Morgan fingerprint density at radius 2 is 1.90 bits per heavy atom. The normalized spacial score (nSPS) is 10.6. The molecule has 20 heavy (non-hydrogen) atoms. The summed E-state index contributed by atoms with van der Waals surface area (Å²) in [6.45, 7) is 0. The summed E-state index contributed by atoms with van der Waals surface area (Å²) in [5.74, 6) is 1.15. The minimum atomic E-state index is 0.230. The van der Waals surface area contributed by atoms with Gasteiger partial charge < -0.3 is 15.4 Å². The minimum absolute atomic E-state index is 0.230. The second-order valence-corrected chi connectivity index (χ2v) is 4.34. The maximum Gasteiger partial charge on any atom is 0.276 e. The summed E-state index contributed by atoms with van der Waals surface area (Å²) in [6, 6.07) is 10.3. The monoisotopic (exact) mass is 268 g/mol. The lowest BCUT2D eigenvalue weighted by atomic mass is 10.1. The maximum atomic E-state index is 9.23. The van der Waals surface area contributed by atoms with Gasteiger partial charge in [-0.05, 0) is 29.8 Å². The zero-order valence-corrected chi connectivity index (χ0v) is 10.5. The van der Waals surface area contributed by atoms with Crippen molar-refractivity contribution in [2.45, 2.75) is 6.42 Å². The van der Waals surface area contributed by atoms with Gasteiger partial charge in [0.25, 0.3) is 5.89 Å². The quantitative estimate of drug-likeness (QED) is 0.754. The van der Waals surface area contributed by atoms with Crippen LogP contribution in [0.4, 0.5) is 5.69 Å². The number of aromatic nitrogens is 3. The van der Waals surface area contributed by atoms with Gasteiger partial charge in [0, 0.05) is 6.42 Å². The van der Waals surface area contributed by atoms with Gasteiger partial charge in [0.05, 0.1) is 11.9 Å². The Morgan fingerprint density at radius 1 is 1.10 bits per heavy atom. The van der Waals surface area contributed by atoms with Crippen molar-refractivity contribution in [1.29, 1.82) is 0 Å². The molecule has 0 amide bonds. The molecule has 0 aliphatic rings. The first-order chi connectivity index (χ1) is 9.70. The molecule has 0 saturated heterocycles. The van der Waals surface area contributed by atoms with Gasteiger partial charge in [-0.3, -0.25) is 0 Å². The van der Waals surface area contributed by atoms with Crippen LogP contribution >= 0.6 is 0 Å². The second-order valence-electron chi connectivity index (χ2n) is 4.34. The first-order valence-corrected chi connectivity index (χ1v) is 6.03. The molecule has 0 radical (unpaired) electrons. The third-order valence-electron chi connectivity index (χ3n) is 2.77. The van der Waals surface area contributed by atoms with E-state index in [1.807, 2.05) is 12.1 Å². The molecule has 3 N–H and O–H groups in total. The number of nitrogens with zero attached hydrogens (tertiary/aromatic N) is 3. The first kappa shape index (κ1) is 12.2. The van der Waals surface area contributed by atoms with Crippen molar-refractivity contribution in [3.05, 3.63) is 54.0 Å². The number of nitrogen functional groups attached to an aromatic ring is 1. The van der Waals surface area contributed by atoms with Crippen molar-refractivity contribution in [2.24, 2.45) is 0 Å². The second kappa shape index (κ2) is 5.00. The molecule has 6 nitrogen and oxygen atoms in total. The number of nitrogens with two attached hydrogens (primary N) is 1. The highest BCUT2D eigenvalue weighted by molar-refractivity contribution is 5.50. The summed E-state index contributed by atoms with van der Waals surface area (Å²) >= 11 is 0. The molecule has 0 unspecified atom stereocenters. The van der Waals surface area contributed by atoms with Crippen LogP contribution in [-0.4, -0.2) is 20.2 Å². The molecule has 0 spiro atoms. The van der Waals surface area contributed by atoms with Gasteiger partial charge >= 0.3 is 0 Å². The number of phenolic OH excluding ortho intramolecular Hbond substituents is 1. The SMILES string of the molecule is Nc1ccc(-c2nc(Cc3ccc(O)cc3)no2)nc1. The van der Waals surface area contributed by atoms with Crippen molar-refractivity contribution >= 4 is 5.69 Å². The first-order valence-electron chi connectivity index (χ1n) is 6.03. The summed E-state index contributed by atoms with van der Waals surface area (Å²) in [6.07, 6.45) is 2.07. The molecule has 0 bridgehead atoms. The Balaban J connectivity index is 1.80. The summed E-state index contributed by atoms with van der Waals surface area (Å²) in [7, 11) is 0. The van der Waals surface area contributed by atoms with Gasteiger partial charge in [-0.2, -0.15) is 4.98 Å². The molecular formula is C14H12N4O2. The number of rotatable bonds is 3. The van der Waals surface area contributed by atoms with Gasteiger partial charge in [-0.25, -0.2) is 4.98 Å². The molecule has 0 saturated carbocycles. The van der Waals surface area contributed by atoms with Crippen LogP contribution in [0.25, 0.3) is 11.6 Å². The zero-order valence-electron chi connectivity index (χ0n) is 10.5. The summed E-state index contributed by atoms with van der Waals surface area (Å²) in [5, 5.41) is 13.1. The maximum absolute atomic E-state index is 9.23. The van der Waals surface area contributed by atoms with Gasteiger partial charge in [-0.1, -0.05) is 17.3 Å². The topological polar surface area (TPSA) is 98.1 Å². The Kier molecular flexibility index (Phi) is 3.04. The van der Waals surface area contributed by atoms with Crippen LogP contribution in [-0.2, 0) is 6.42 Å². The molecule has 6 heteroatoms. The van der Waals surface area contributed by atoms with Gasteiger partial charge in [0.1, 0.15) is 11.4 Å². The Morgan fingerprint density at radius 3 is 2.60 bits per heavy atom. The van der Waals surface area contributed by atoms with Crippen LogP contribution in [0.1, 0.15) is 11.4 Å². The number of aromatic hydroxyl groups is 1. The highest BCUT2D eigenvalue weighted by Gasteiger charge is 2.10. The predicted molar refractivity (Wildman–Crippen MR) is 72.9 cm³/mol. The molecule has 2 heterocycles.